The molecule has 4 unspecified atom stereocenters. The summed E-state index contributed by atoms with van der Waals surface area (Å²) in [5, 5.41) is 0. The number of esters is 1. The molecule has 4 atom stereocenters. The fourth-order valence-electron chi connectivity index (χ4n) is 6.05. The lowest BCUT2D eigenvalue weighted by atomic mass is 9.64. The molecule has 0 radical (unpaired) electrons. The average molecular weight is 553 g/mol. The molecule has 0 saturated heterocycles. The van der Waals surface area contributed by atoms with Gasteiger partial charge in [0.25, 0.3) is 0 Å². The molecule has 2 aliphatic carbocycles. The number of carbonyl (C=O) groups is 1. The second-order valence-corrected chi connectivity index (χ2v) is 10.7. The third-order valence-electron chi connectivity index (χ3n) is 7.63. The fraction of sp³-hybridized carbons (Fsp3) is 0.357. The summed E-state index contributed by atoms with van der Waals surface area (Å²) < 4.78 is 12.6. The summed E-state index contributed by atoms with van der Waals surface area (Å²) in [7, 11) is 1.37. The summed E-state index contributed by atoms with van der Waals surface area (Å²) in [5.74, 6) is 1.62. The highest BCUT2D eigenvalue weighted by atomic mass is 127. The SMILES string of the molecule is COC(=O)C(C)(Oc1ccc(C2(c3ccc(I)cc3)CC3CCC2C3)cc1)c1ccccn1. The van der Waals surface area contributed by atoms with Crippen LogP contribution in [0.15, 0.2) is 72.9 Å². The van der Waals surface area contributed by atoms with Crippen molar-refractivity contribution in [2.45, 2.75) is 43.6 Å². The molecule has 2 aliphatic rings. The lowest BCUT2D eigenvalue weighted by Crippen LogP contribution is -2.40. The molecule has 2 saturated carbocycles. The number of methoxy groups -OCH3 is 1. The van der Waals surface area contributed by atoms with E-state index >= 15 is 0 Å². The number of carbonyl (C=O) groups excluding carboxylic acids is 1. The Labute approximate surface area is 208 Å². The minimum Gasteiger partial charge on any atom is -0.469 e. The van der Waals surface area contributed by atoms with Crippen molar-refractivity contribution < 1.29 is 14.3 Å². The molecule has 1 aromatic heterocycles. The van der Waals surface area contributed by atoms with Gasteiger partial charge in [-0.25, -0.2) is 4.79 Å². The van der Waals surface area contributed by atoms with Crippen LogP contribution in [0.3, 0.4) is 0 Å². The first-order chi connectivity index (χ1) is 16.0. The number of rotatable bonds is 6. The number of ether oxygens (including phenoxy) is 2. The maximum atomic E-state index is 12.7. The molecular formula is C28H28INO3. The van der Waals surface area contributed by atoms with Gasteiger partial charge in [-0.1, -0.05) is 36.8 Å². The van der Waals surface area contributed by atoms with Crippen molar-refractivity contribution in [2.75, 3.05) is 7.11 Å². The average Bonchev–Trinajstić information content (AvgIpc) is 3.47. The van der Waals surface area contributed by atoms with E-state index in [0.29, 0.717) is 17.4 Å². The van der Waals surface area contributed by atoms with Gasteiger partial charge >= 0.3 is 5.97 Å². The number of benzene rings is 2. The summed E-state index contributed by atoms with van der Waals surface area (Å²) in [4.78, 5) is 17.0. The van der Waals surface area contributed by atoms with Crippen LogP contribution in [0.5, 0.6) is 5.75 Å². The summed E-state index contributed by atoms with van der Waals surface area (Å²) >= 11 is 2.37. The number of pyridine rings is 1. The van der Waals surface area contributed by atoms with E-state index in [1.807, 2.05) is 24.3 Å². The molecule has 170 valence electrons. The van der Waals surface area contributed by atoms with Gasteiger partial charge in [-0.2, -0.15) is 0 Å². The molecule has 2 aromatic carbocycles. The van der Waals surface area contributed by atoms with E-state index in [9.17, 15) is 4.79 Å². The van der Waals surface area contributed by atoms with E-state index in [1.54, 1.807) is 19.2 Å². The van der Waals surface area contributed by atoms with Crippen LogP contribution in [0, 0.1) is 15.4 Å². The highest BCUT2D eigenvalue weighted by molar-refractivity contribution is 14.1. The van der Waals surface area contributed by atoms with Crippen molar-refractivity contribution in [3.8, 4) is 5.75 Å². The van der Waals surface area contributed by atoms with Crippen molar-refractivity contribution in [1.29, 1.82) is 0 Å². The molecule has 5 rings (SSSR count). The summed E-state index contributed by atoms with van der Waals surface area (Å²) in [6, 6.07) is 22.8. The highest BCUT2D eigenvalue weighted by Crippen LogP contribution is 2.60. The lowest BCUT2D eigenvalue weighted by molar-refractivity contribution is -0.159. The smallest absolute Gasteiger partial charge is 0.356 e. The van der Waals surface area contributed by atoms with Crippen LogP contribution in [0.4, 0.5) is 0 Å². The number of nitrogens with zero attached hydrogens (tertiary/aromatic N) is 1. The Morgan fingerprint density at radius 3 is 2.27 bits per heavy atom. The van der Waals surface area contributed by atoms with Crippen LogP contribution in [-0.2, 0) is 20.5 Å². The van der Waals surface area contributed by atoms with Crippen molar-refractivity contribution in [1.82, 2.24) is 4.98 Å². The van der Waals surface area contributed by atoms with E-state index in [1.165, 1.54) is 47.5 Å². The van der Waals surface area contributed by atoms with Gasteiger partial charge in [-0.05, 0) is 108 Å². The maximum Gasteiger partial charge on any atom is 0.356 e. The summed E-state index contributed by atoms with van der Waals surface area (Å²) in [5.41, 5.74) is 2.00. The molecule has 0 spiro atoms. The normalized spacial score (nSPS) is 25.4. The van der Waals surface area contributed by atoms with Crippen molar-refractivity contribution >= 4 is 28.6 Å². The van der Waals surface area contributed by atoms with Crippen LogP contribution in [0.1, 0.15) is 49.4 Å². The molecular weight excluding hydrogens is 525 g/mol. The second kappa shape index (κ2) is 8.75. The molecule has 4 nitrogen and oxygen atoms in total. The second-order valence-electron chi connectivity index (χ2n) is 9.42. The van der Waals surface area contributed by atoms with E-state index in [4.69, 9.17) is 9.47 Å². The third kappa shape index (κ3) is 3.84. The van der Waals surface area contributed by atoms with Gasteiger partial charge in [-0.3, -0.25) is 4.98 Å². The minimum absolute atomic E-state index is 0.0540. The Morgan fingerprint density at radius 1 is 1.03 bits per heavy atom. The lowest BCUT2D eigenvalue weighted by Gasteiger charge is -2.39. The number of hydrogen-bond donors (Lipinski definition) is 0. The van der Waals surface area contributed by atoms with Crippen molar-refractivity contribution in [3.63, 3.8) is 0 Å². The quantitative estimate of drug-likeness (QED) is 0.267. The monoisotopic (exact) mass is 553 g/mol. The van der Waals surface area contributed by atoms with E-state index in [2.05, 4.69) is 64.0 Å². The van der Waals surface area contributed by atoms with Gasteiger partial charge in [0.1, 0.15) is 5.75 Å². The van der Waals surface area contributed by atoms with Crippen LogP contribution >= 0.6 is 22.6 Å². The first-order valence-corrected chi connectivity index (χ1v) is 12.6. The largest absolute Gasteiger partial charge is 0.469 e. The van der Waals surface area contributed by atoms with Gasteiger partial charge in [0.15, 0.2) is 0 Å². The highest BCUT2D eigenvalue weighted by Gasteiger charge is 2.52. The number of aromatic nitrogens is 1. The van der Waals surface area contributed by atoms with Gasteiger partial charge in [0, 0.05) is 15.2 Å². The Hall–Kier alpha value is -2.41. The summed E-state index contributed by atoms with van der Waals surface area (Å²) in [6.07, 6.45) is 6.80. The predicted octanol–water partition coefficient (Wildman–Crippen LogP) is 6.26. The minimum atomic E-state index is -1.32. The molecule has 5 heteroatoms. The molecule has 0 N–H and O–H groups in total. The van der Waals surface area contributed by atoms with E-state index < -0.39 is 11.6 Å². The van der Waals surface area contributed by atoms with Crippen LogP contribution < -0.4 is 4.74 Å². The Balaban J connectivity index is 1.49. The first kappa shape index (κ1) is 22.4. The van der Waals surface area contributed by atoms with Gasteiger partial charge in [0.2, 0.25) is 5.60 Å². The maximum absolute atomic E-state index is 12.7. The molecule has 2 bridgehead atoms. The zero-order chi connectivity index (χ0) is 23.1. The Kier molecular flexibility index (Phi) is 5.93. The molecule has 0 aliphatic heterocycles. The van der Waals surface area contributed by atoms with E-state index in [0.717, 1.165) is 5.92 Å². The van der Waals surface area contributed by atoms with Gasteiger partial charge in [-0.15, -0.1) is 0 Å². The molecule has 33 heavy (non-hydrogen) atoms. The molecule has 3 aromatic rings. The van der Waals surface area contributed by atoms with Crippen LogP contribution in [0.25, 0.3) is 0 Å². The number of fused-ring (bicyclic) bond motifs is 2. The zero-order valence-corrected chi connectivity index (χ0v) is 21.1. The fourth-order valence-corrected chi connectivity index (χ4v) is 6.40. The van der Waals surface area contributed by atoms with Gasteiger partial charge < -0.3 is 9.47 Å². The molecule has 2 fully saturated rings. The molecule has 1 heterocycles. The third-order valence-corrected chi connectivity index (χ3v) is 8.35. The standard InChI is InChI=1S/C28H28INO3/c1-27(26(31)32-2,25-5-3-4-16-30-25)33-24-14-10-21(11-15-24)28(18-19-6-7-22(28)17-19)20-8-12-23(29)13-9-20/h3-5,8-16,19,22H,6-7,17-18H2,1-2H3. The van der Waals surface area contributed by atoms with Crippen molar-refractivity contribution in [2.24, 2.45) is 11.8 Å². The van der Waals surface area contributed by atoms with Crippen molar-refractivity contribution in [3.05, 3.63) is 93.3 Å². The molecule has 0 amide bonds. The zero-order valence-electron chi connectivity index (χ0n) is 19.0. The van der Waals surface area contributed by atoms with E-state index in [-0.39, 0.29) is 5.41 Å². The van der Waals surface area contributed by atoms with Gasteiger partial charge in [0.05, 0.1) is 12.8 Å². The summed E-state index contributed by atoms with van der Waals surface area (Å²) in [6.45, 7) is 1.71. The number of halogens is 1. The Morgan fingerprint density at radius 2 is 1.73 bits per heavy atom. The first-order valence-electron chi connectivity index (χ1n) is 11.5. The number of hydrogen-bond acceptors (Lipinski definition) is 4. The topological polar surface area (TPSA) is 48.4 Å². The Bertz CT molecular complexity index is 1130. The predicted molar refractivity (Wildman–Crippen MR) is 136 cm³/mol. The van der Waals surface area contributed by atoms with Crippen LogP contribution in [-0.4, -0.2) is 18.1 Å². The van der Waals surface area contributed by atoms with Crippen LogP contribution in [0.2, 0.25) is 0 Å².